The molecule has 0 aromatic carbocycles. The molecule has 4 heteroatoms. The first-order chi connectivity index (χ1) is 9.98. The van der Waals surface area contributed by atoms with Crippen LogP contribution in [0.1, 0.15) is 52.8 Å². The van der Waals surface area contributed by atoms with E-state index in [0.29, 0.717) is 0 Å². The van der Waals surface area contributed by atoms with Crippen LogP contribution in [-0.2, 0) is 11.0 Å². The van der Waals surface area contributed by atoms with Gasteiger partial charge in [0.05, 0.1) is 11.7 Å². The summed E-state index contributed by atoms with van der Waals surface area (Å²) in [6.45, 7) is 11.3. The molecule has 0 bridgehead atoms. The number of hydrogen-bond donors (Lipinski definition) is 1. The molecule has 0 unspecified atom stereocenters. The summed E-state index contributed by atoms with van der Waals surface area (Å²) in [5.74, 6) is 1.25. The molecular weight excluding hydrogens is 260 g/mol. The quantitative estimate of drug-likeness (QED) is 0.921. The lowest BCUT2D eigenvalue weighted by atomic mass is 9.75. The average molecular weight is 286 g/mol. The lowest BCUT2D eigenvalue weighted by molar-refractivity contribution is 0.254. The summed E-state index contributed by atoms with van der Waals surface area (Å²) in [6.07, 6.45) is 7.23. The first kappa shape index (κ1) is 14.5. The van der Waals surface area contributed by atoms with Crippen molar-refractivity contribution in [2.24, 2.45) is 0 Å². The molecule has 2 aromatic rings. The second-order valence-electron chi connectivity index (χ2n) is 7.19. The molecule has 114 valence electrons. The van der Waals surface area contributed by atoms with E-state index in [9.17, 15) is 0 Å². The van der Waals surface area contributed by atoms with Crippen molar-refractivity contribution < 1.29 is 0 Å². The van der Waals surface area contributed by atoms with E-state index in [1.165, 1.54) is 11.3 Å². The summed E-state index contributed by atoms with van der Waals surface area (Å²) >= 11 is 0. The van der Waals surface area contributed by atoms with Gasteiger partial charge in [0.25, 0.3) is 0 Å². The molecule has 0 radical (unpaired) electrons. The maximum Gasteiger partial charge on any atom is 0.116 e. The highest BCUT2D eigenvalue weighted by Crippen LogP contribution is 2.39. The van der Waals surface area contributed by atoms with Crippen molar-refractivity contribution in [2.45, 2.75) is 57.9 Å². The average Bonchev–Trinajstić information content (AvgIpc) is 2.88. The predicted octanol–water partition coefficient (Wildman–Crippen LogP) is 3.22. The summed E-state index contributed by atoms with van der Waals surface area (Å²) in [5, 5.41) is 3.49. The molecular formula is C17H26N4. The molecule has 0 spiro atoms. The molecule has 2 aromatic heterocycles. The van der Waals surface area contributed by atoms with Crippen molar-refractivity contribution in [1.29, 1.82) is 0 Å². The molecule has 1 fully saturated rings. The van der Waals surface area contributed by atoms with Gasteiger partial charge in [-0.15, -0.1) is 0 Å². The number of pyridine rings is 1. The molecule has 1 N–H and O–H groups in total. The monoisotopic (exact) mass is 286 g/mol. The summed E-state index contributed by atoms with van der Waals surface area (Å²) < 4.78 is 2.44. The van der Waals surface area contributed by atoms with Crippen molar-refractivity contribution in [3.63, 3.8) is 0 Å². The predicted molar refractivity (Wildman–Crippen MR) is 86.6 cm³/mol. The van der Waals surface area contributed by atoms with Crippen molar-refractivity contribution in [1.82, 2.24) is 19.9 Å². The number of rotatable bonds is 2. The first-order valence-corrected chi connectivity index (χ1v) is 8.02. The van der Waals surface area contributed by atoms with Gasteiger partial charge in [-0.25, -0.2) is 4.98 Å². The van der Waals surface area contributed by atoms with E-state index in [2.05, 4.69) is 48.6 Å². The fourth-order valence-electron chi connectivity index (χ4n) is 3.61. The summed E-state index contributed by atoms with van der Waals surface area (Å²) in [5.41, 5.74) is 2.45. The second-order valence-corrected chi connectivity index (χ2v) is 7.19. The van der Waals surface area contributed by atoms with Crippen LogP contribution in [0.15, 0.2) is 18.5 Å². The number of nitrogens with zero attached hydrogens (tertiary/aromatic N) is 3. The first-order valence-electron chi connectivity index (χ1n) is 8.02. The molecule has 21 heavy (non-hydrogen) atoms. The topological polar surface area (TPSA) is 42.7 Å². The zero-order valence-electron chi connectivity index (χ0n) is 13.6. The Morgan fingerprint density at radius 1 is 1.29 bits per heavy atom. The Hall–Kier alpha value is -1.42. The smallest absolute Gasteiger partial charge is 0.116 e. The third-order valence-electron chi connectivity index (χ3n) is 4.84. The Bertz CT molecular complexity index is 630. The molecule has 3 rings (SSSR count). The van der Waals surface area contributed by atoms with Gasteiger partial charge in [-0.2, -0.15) is 0 Å². The summed E-state index contributed by atoms with van der Waals surface area (Å²) in [4.78, 5) is 9.27. The SMILES string of the molecule is CCC1(c2nc3cnccc3n2C(C)(C)C)CCNCC1. The van der Waals surface area contributed by atoms with E-state index in [4.69, 9.17) is 4.98 Å². The molecule has 3 heterocycles. The highest BCUT2D eigenvalue weighted by atomic mass is 15.2. The number of piperidine rings is 1. The van der Waals surface area contributed by atoms with Crippen LogP contribution in [0.25, 0.3) is 11.0 Å². The zero-order valence-corrected chi connectivity index (χ0v) is 13.6. The van der Waals surface area contributed by atoms with Gasteiger partial charge in [0.1, 0.15) is 11.3 Å². The van der Waals surface area contributed by atoms with E-state index < -0.39 is 0 Å². The van der Waals surface area contributed by atoms with E-state index in [1.807, 2.05) is 12.4 Å². The van der Waals surface area contributed by atoms with Gasteiger partial charge in [0.2, 0.25) is 0 Å². The second kappa shape index (κ2) is 5.09. The molecule has 1 aliphatic rings. The molecule has 0 aliphatic carbocycles. The largest absolute Gasteiger partial charge is 0.322 e. The molecule has 1 saturated heterocycles. The number of nitrogens with one attached hydrogen (secondary N) is 1. The van der Waals surface area contributed by atoms with Crippen molar-refractivity contribution in [3.05, 3.63) is 24.3 Å². The number of hydrogen-bond acceptors (Lipinski definition) is 3. The number of fused-ring (bicyclic) bond motifs is 1. The maximum atomic E-state index is 5.02. The van der Waals surface area contributed by atoms with Crippen LogP contribution in [0.5, 0.6) is 0 Å². The zero-order chi connectivity index (χ0) is 15.1. The molecule has 0 amide bonds. The van der Waals surface area contributed by atoms with Crippen molar-refractivity contribution >= 4 is 11.0 Å². The van der Waals surface area contributed by atoms with Crippen LogP contribution in [-0.4, -0.2) is 27.6 Å². The standard InChI is InChI=1S/C17H26N4/c1-5-17(7-10-18-11-8-17)15-20-13-12-19-9-6-14(13)21(15)16(2,3)4/h6,9,12,18H,5,7-8,10-11H2,1-4H3. The Morgan fingerprint density at radius 3 is 2.62 bits per heavy atom. The third kappa shape index (κ3) is 2.35. The number of aromatic nitrogens is 3. The Balaban J connectivity index is 2.26. The van der Waals surface area contributed by atoms with Gasteiger partial charge in [-0.05, 0) is 59.2 Å². The van der Waals surface area contributed by atoms with E-state index in [-0.39, 0.29) is 11.0 Å². The highest BCUT2D eigenvalue weighted by molar-refractivity contribution is 5.75. The van der Waals surface area contributed by atoms with E-state index in [0.717, 1.165) is 37.9 Å². The van der Waals surface area contributed by atoms with Gasteiger partial charge in [0.15, 0.2) is 0 Å². The van der Waals surface area contributed by atoms with Crippen LogP contribution < -0.4 is 5.32 Å². The molecule has 1 aliphatic heterocycles. The Labute approximate surface area is 127 Å². The lowest BCUT2D eigenvalue weighted by Crippen LogP contribution is -2.43. The van der Waals surface area contributed by atoms with Crippen molar-refractivity contribution in [3.8, 4) is 0 Å². The van der Waals surface area contributed by atoms with Crippen LogP contribution >= 0.6 is 0 Å². The molecule has 0 saturated carbocycles. The maximum absolute atomic E-state index is 5.02. The Morgan fingerprint density at radius 2 is 2.00 bits per heavy atom. The van der Waals surface area contributed by atoms with Gasteiger partial charge < -0.3 is 9.88 Å². The summed E-state index contributed by atoms with van der Waals surface area (Å²) in [6, 6.07) is 2.10. The normalized spacial score (nSPS) is 19.0. The van der Waals surface area contributed by atoms with Gasteiger partial charge in [-0.1, -0.05) is 6.92 Å². The van der Waals surface area contributed by atoms with Crippen LogP contribution in [0.2, 0.25) is 0 Å². The minimum absolute atomic E-state index is 0.0263. The van der Waals surface area contributed by atoms with Gasteiger partial charge in [-0.3, -0.25) is 4.98 Å². The summed E-state index contributed by atoms with van der Waals surface area (Å²) in [7, 11) is 0. The lowest BCUT2D eigenvalue weighted by Gasteiger charge is -2.39. The van der Waals surface area contributed by atoms with Crippen LogP contribution in [0.3, 0.4) is 0 Å². The van der Waals surface area contributed by atoms with Crippen LogP contribution in [0.4, 0.5) is 0 Å². The minimum atomic E-state index is 0.0263. The fourth-order valence-corrected chi connectivity index (χ4v) is 3.61. The van der Waals surface area contributed by atoms with E-state index in [1.54, 1.807) is 0 Å². The van der Waals surface area contributed by atoms with E-state index >= 15 is 0 Å². The van der Waals surface area contributed by atoms with Crippen molar-refractivity contribution in [2.75, 3.05) is 13.1 Å². The van der Waals surface area contributed by atoms with Crippen LogP contribution in [0, 0.1) is 0 Å². The van der Waals surface area contributed by atoms with Gasteiger partial charge >= 0.3 is 0 Å². The number of imidazole rings is 1. The molecule has 4 nitrogen and oxygen atoms in total. The fraction of sp³-hybridized carbons (Fsp3) is 0.647. The third-order valence-corrected chi connectivity index (χ3v) is 4.84. The highest BCUT2D eigenvalue weighted by Gasteiger charge is 2.38. The minimum Gasteiger partial charge on any atom is -0.322 e. The molecule has 0 atom stereocenters. The Kier molecular flexibility index (Phi) is 3.52. The van der Waals surface area contributed by atoms with Gasteiger partial charge in [0, 0.05) is 17.2 Å².